The smallest absolute Gasteiger partial charge is 1.00 e. The van der Waals surface area contributed by atoms with Crippen molar-refractivity contribution in [2.45, 2.75) is 34.6 Å². The fraction of sp³-hybridized carbons (Fsp3) is 0.455. The third kappa shape index (κ3) is 9.91. The van der Waals surface area contributed by atoms with Crippen LogP contribution in [0.4, 0.5) is 0 Å². The molecule has 0 atom stereocenters. The number of aryl methyl sites for hydroxylation is 2. The quantitative estimate of drug-likeness (QED) is 0.164. The van der Waals surface area contributed by atoms with Gasteiger partial charge in [-0.3, -0.25) is 0 Å². The zero-order valence-corrected chi connectivity index (χ0v) is 18.0. The first-order chi connectivity index (χ1) is 5.13. The Bertz CT molecular complexity index is 209. The van der Waals surface area contributed by atoms with E-state index in [0.717, 1.165) is 0 Å². The molecule has 0 unspecified atom stereocenters. The molecule has 0 aromatic heterocycles. The molecule has 1 rings (SSSR count). The van der Waals surface area contributed by atoms with Gasteiger partial charge < -0.3 is 78.9 Å². The zero-order valence-electron chi connectivity index (χ0n) is 9.92. The first-order valence-corrected chi connectivity index (χ1v) is 4.03. The molecule has 0 bridgehead atoms. The zero-order chi connectivity index (χ0) is 9.02. The Morgan fingerprint density at radius 1 is 0.733 bits per heavy atom. The Hall–Kier alpha value is 2.25. The maximum Gasteiger partial charge on any atom is 3.00 e. The Kier molecular flexibility index (Phi) is 32.9. The van der Waals surface area contributed by atoms with Gasteiger partial charge in [-0.05, 0) is 0 Å². The van der Waals surface area contributed by atoms with Crippen molar-refractivity contribution in [1.82, 2.24) is 0 Å². The molecule has 0 saturated heterocycles. The van der Waals surface area contributed by atoms with Gasteiger partial charge in [0.2, 0.25) is 0 Å². The Balaban J connectivity index is -0.0000000526. The molecule has 1 radical (unpaired) electrons. The molecule has 1 aromatic carbocycles. The number of hydrogen-bond acceptors (Lipinski definition) is 0. The molecule has 89 valence electrons. The van der Waals surface area contributed by atoms with Gasteiger partial charge in [0.25, 0.3) is 0 Å². The summed E-state index contributed by atoms with van der Waals surface area (Å²) in [7, 11) is 0. The molecule has 4 heteroatoms. The van der Waals surface area contributed by atoms with E-state index in [1.54, 1.807) is 6.92 Å². The summed E-state index contributed by atoms with van der Waals surface area (Å²) in [4.78, 5) is 0. The molecular formula is C11H18I3Ti-2. The first-order valence-electron chi connectivity index (χ1n) is 4.03. The van der Waals surface area contributed by atoms with Crippen LogP contribution >= 0.6 is 0 Å². The second-order valence-electron chi connectivity index (χ2n) is 2.76. The van der Waals surface area contributed by atoms with E-state index in [1.807, 2.05) is 0 Å². The van der Waals surface area contributed by atoms with E-state index in [0.29, 0.717) is 0 Å². The molecule has 15 heavy (non-hydrogen) atoms. The normalized spacial score (nSPS) is 6.53. The second-order valence-corrected chi connectivity index (χ2v) is 2.76. The number of rotatable bonds is 0. The van der Waals surface area contributed by atoms with Crippen LogP contribution in [0, 0.1) is 34.6 Å². The van der Waals surface area contributed by atoms with Crippen molar-refractivity contribution >= 4 is 0 Å². The fourth-order valence-corrected chi connectivity index (χ4v) is 1.13. The average Bonchev–Trinajstić information content (AvgIpc) is 2.22. The SMILES string of the molecule is Cc1[cH-]c(C)c(C)c1C.[CH2-]C.[I-].[I-].[I-].[Ti+3]. The standard InChI is InChI=1S/C9H13.C2H5.3HI.Ti/c1-6-5-7(2)9(4)8(6)3;1-2;;;;/h5H,1-4H3;1H2,2H3;3*1H;/q2*-1;;;;+3/p-3. The van der Waals surface area contributed by atoms with Gasteiger partial charge in [0.05, 0.1) is 0 Å². The molecule has 0 spiro atoms. The molecule has 0 N–H and O–H groups in total. The van der Waals surface area contributed by atoms with E-state index in [4.69, 9.17) is 0 Å². The van der Waals surface area contributed by atoms with Gasteiger partial charge >= 0.3 is 21.7 Å². The minimum Gasteiger partial charge on any atom is -1.00 e. The first kappa shape index (κ1) is 30.4. The summed E-state index contributed by atoms with van der Waals surface area (Å²) in [6.07, 6.45) is 0. The maximum atomic E-state index is 3.25. The van der Waals surface area contributed by atoms with Gasteiger partial charge in [-0.1, -0.05) is 27.7 Å². The molecule has 0 fully saturated rings. The molecule has 0 nitrogen and oxygen atoms in total. The Morgan fingerprint density at radius 3 is 1.00 bits per heavy atom. The van der Waals surface area contributed by atoms with Crippen LogP contribution < -0.4 is 71.9 Å². The van der Waals surface area contributed by atoms with E-state index in [2.05, 4.69) is 40.7 Å². The van der Waals surface area contributed by atoms with Crippen molar-refractivity contribution in [2.24, 2.45) is 0 Å². The molecule has 1 aromatic rings. The third-order valence-corrected chi connectivity index (χ3v) is 2.18. The van der Waals surface area contributed by atoms with Gasteiger partial charge in [0, 0.05) is 0 Å². The van der Waals surface area contributed by atoms with Crippen LogP contribution in [0.5, 0.6) is 0 Å². The minimum atomic E-state index is 0. The van der Waals surface area contributed by atoms with Gasteiger partial charge in [-0.25, -0.2) is 0 Å². The van der Waals surface area contributed by atoms with E-state index >= 15 is 0 Å². The maximum absolute atomic E-state index is 3.25. The van der Waals surface area contributed by atoms with Gasteiger partial charge in [0.1, 0.15) is 0 Å². The molecule has 0 aliphatic carbocycles. The predicted molar refractivity (Wildman–Crippen MR) is 52.0 cm³/mol. The predicted octanol–water partition coefficient (Wildman–Crippen LogP) is -5.51. The summed E-state index contributed by atoms with van der Waals surface area (Å²) in [6, 6.07) is 2.24. The molecule has 0 heterocycles. The average molecular weight is 579 g/mol. The number of hydrogen-bond donors (Lipinski definition) is 0. The van der Waals surface area contributed by atoms with Crippen molar-refractivity contribution < 1.29 is 93.6 Å². The number of halogens is 3. The summed E-state index contributed by atoms with van der Waals surface area (Å²) < 4.78 is 0. The third-order valence-electron chi connectivity index (χ3n) is 2.18. The van der Waals surface area contributed by atoms with Crippen molar-refractivity contribution in [1.29, 1.82) is 0 Å². The van der Waals surface area contributed by atoms with E-state index in [1.165, 1.54) is 22.3 Å². The van der Waals surface area contributed by atoms with Crippen molar-refractivity contribution in [2.75, 3.05) is 0 Å². The fourth-order valence-electron chi connectivity index (χ4n) is 1.13. The van der Waals surface area contributed by atoms with Crippen LogP contribution in [0.3, 0.4) is 0 Å². The van der Waals surface area contributed by atoms with Crippen molar-refractivity contribution in [3.8, 4) is 0 Å². The van der Waals surface area contributed by atoms with E-state index in [9.17, 15) is 0 Å². The summed E-state index contributed by atoms with van der Waals surface area (Å²) in [5, 5.41) is 0. The van der Waals surface area contributed by atoms with Crippen molar-refractivity contribution in [3.63, 3.8) is 0 Å². The molecule has 0 aliphatic heterocycles. The summed E-state index contributed by atoms with van der Waals surface area (Å²) in [5.74, 6) is 0. The van der Waals surface area contributed by atoms with Crippen LogP contribution in [0.15, 0.2) is 6.07 Å². The molecular weight excluding hydrogens is 561 g/mol. The molecule has 0 saturated carbocycles. The minimum absolute atomic E-state index is 0. The topological polar surface area (TPSA) is 0 Å². The summed E-state index contributed by atoms with van der Waals surface area (Å²) >= 11 is 0. The van der Waals surface area contributed by atoms with Gasteiger partial charge in [0.15, 0.2) is 0 Å². The van der Waals surface area contributed by atoms with Crippen LogP contribution in [0.1, 0.15) is 29.2 Å². The van der Waals surface area contributed by atoms with Gasteiger partial charge in [-0.2, -0.15) is 35.2 Å². The summed E-state index contributed by atoms with van der Waals surface area (Å²) in [5.41, 5.74) is 5.75. The summed E-state index contributed by atoms with van der Waals surface area (Å²) in [6.45, 7) is 13.7. The van der Waals surface area contributed by atoms with Gasteiger partial charge in [-0.15, -0.1) is 0 Å². The van der Waals surface area contributed by atoms with Crippen LogP contribution in [-0.2, 0) is 21.7 Å². The van der Waals surface area contributed by atoms with E-state index in [-0.39, 0.29) is 93.6 Å². The second kappa shape index (κ2) is 16.3. The van der Waals surface area contributed by atoms with Crippen LogP contribution in [-0.4, -0.2) is 0 Å². The molecule has 0 aliphatic rings. The van der Waals surface area contributed by atoms with Crippen LogP contribution in [0.2, 0.25) is 0 Å². The largest absolute Gasteiger partial charge is 3.00 e. The van der Waals surface area contributed by atoms with E-state index < -0.39 is 0 Å². The van der Waals surface area contributed by atoms with Crippen LogP contribution in [0.25, 0.3) is 0 Å². The Morgan fingerprint density at radius 2 is 0.933 bits per heavy atom. The molecule has 0 amide bonds. The van der Waals surface area contributed by atoms with Crippen molar-refractivity contribution in [3.05, 3.63) is 35.2 Å². The Labute approximate surface area is 161 Å². The monoisotopic (exact) mass is 579 g/mol.